The molecule has 0 aliphatic heterocycles. The van der Waals surface area contributed by atoms with Crippen LogP contribution < -0.4 is 0 Å². The maximum atomic E-state index is 11.1. The number of aromatic nitrogens is 2. The molecule has 0 saturated carbocycles. The van der Waals surface area contributed by atoms with Crippen molar-refractivity contribution in [3.63, 3.8) is 0 Å². The summed E-state index contributed by atoms with van der Waals surface area (Å²) in [6, 6.07) is 1.69. The molecule has 0 aliphatic rings. The van der Waals surface area contributed by atoms with Gasteiger partial charge in [0.25, 0.3) is 0 Å². The van der Waals surface area contributed by atoms with Crippen LogP contribution in [0, 0.1) is 0 Å². The Hall–Kier alpha value is -0.900. The zero-order valence-corrected chi connectivity index (χ0v) is 6.23. The lowest BCUT2D eigenvalue weighted by molar-refractivity contribution is 0.682. The Morgan fingerprint density at radius 2 is 2.70 bits per heavy atom. The molecule has 1 heterocycles. The Morgan fingerprint density at radius 3 is 3.20 bits per heavy atom. The predicted molar refractivity (Wildman–Crippen MR) is 40.1 cm³/mol. The highest BCUT2D eigenvalue weighted by atomic mass is 32.2. The minimum Gasteiger partial charge on any atom is -0.269 e. The Kier molecular flexibility index (Phi) is 2.39. The summed E-state index contributed by atoms with van der Waals surface area (Å²) < 4.78 is 11.1. The van der Waals surface area contributed by atoms with E-state index >= 15 is 0 Å². The number of H-pyrrole nitrogens is 1. The Labute approximate surface area is 61.6 Å². The van der Waals surface area contributed by atoms with Gasteiger partial charge in [-0.2, -0.15) is 5.10 Å². The van der Waals surface area contributed by atoms with Crippen LogP contribution in [-0.2, 0) is 10.8 Å². The van der Waals surface area contributed by atoms with Gasteiger partial charge in [-0.1, -0.05) is 6.08 Å². The third-order valence-corrected chi connectivity index (χ3v) is 2.25. The van der Waals surface area contributed by atoms with Crippen molar-refractivity contribution in [2.45, 2.75) is 5.03 Å². The molecule has 0 bridgehead atoms. The summed E-state index contributed by atoms with van der Waals surface area (Å²) in [5.74, 6) is 0.474. The van der Waals surface area contributed by atoms with E-state index in [1.807, 2.05) is 0 Å². The van der Waals surface area contributed by atoms with Gasteiger partial charge in [0.2, 0.25) is 0 Å². The number of hydrogen-bond acceptors (Lipinski definition) is 2. The minimum absolute atomic E-state index is 0.474. The molecule has 54 valence electrons. The van der Waals surface area contributed by atoms with Gasteiger partial charge in [-0.05, 0) is 6.07 Å². The molecular weight excluding hydrogens is 148 g/mol. The average Bonchev–Trinajstić information content (AvgIpc) is 2.38. The highest BCUT2D eigenvalue weighted by Crippen LogP contribution is 1.99. The summed E-state index contributed by atoms with van der Waals surface area (Å²) in [6.45, 7) is 3.48. The molecule has 4 heteroatoms. The van der Waals surface area contributed by atoms with Gasteiger partial charge in [-0.15, -0.1) is 6.58 Å². The fourth-order valence-electron chi connectivity index (χ4n) is 0.567. The molecule has 0 saturated heterocycles. The van der Waals surface area contributed by atoms with Crippen molar-refractivity contribution < 1.29 is 4.21 Å². The van der Waals surface area contributed by atoms with Crippen molar-refractivity contribution in [3.05, 3.63) is 24.9 Å². The van der Waals surface area contributed by atoms with Crippen LogP contribution >= 0.6 is 0 Å². The number of nitrogens with zero attached hydrogens (tertiary/aromatic N) is 1. The second-order valence-corrected chi connectivity index (χ2v) is 3.19. The van der Waals surface area contributed by atoms with E-state index in [1.54, 1.807) is 18.3 Å². The van der Waals surface area contributed by atoms with Crippen LogP contribution in [-0.4, -0.2) is 20.2 Å². The molecule has 3 nitrogen and oxygen atoms in total. The quantitative estimate of drug-likeness (QED) is 0.655. The third-order valence-electron chi connectivity index (χ3n) is 0.990. The van der Waals surface area contributed by atoms with E-state index in [9.17, 15) is 4.21 Å². The van der Waals surface area contributed by atoms with Gasteiger partial charge in [-0.25, -0.2) is 0 Å². The summed E-state index contributed by atoms with van der Waals surface area (Å²) in [7, 11) is -0.988. The molecule has 1 aromatic rings. The number of rotatable bonds is 3. The van der Waals surface area contributed by atoms with Gasteiger partial charge in [0, 0.05) is 11.9 Å². The Bertz CT molecular complexity index is 230. The summed E-state index contributed by atoms with van der Waals surface area (Å²) in [5, 5.41) is 6.95. The van der Waals surface area contributed by atoms with Crippen molar-refractivity contribution in [1.82, 2.24) is 10.2 Å². The first-order valence-corrected chi connectivity index (χ1v) is 4.15. The smallest absolute Gasteiger partial charge is 0.122 e. The maximum Gasteiger partial charge on any atom is 0.122 e. The number of aromatic amines is 1. The number of hydrogen-bond donors (Lipinski definition) is 1. The van der Waals surface area contributed by atoms with Crippen molar-refractivity contribution in [2.24, 2.45) is 0 Å². The lowest BCUT2D eigenvalue weighted by Gasteiger charge is -1.90. The van der Waals surface area contributed by atoms with E-state index in [1.165, 1.54) is 0 Å². The van der Waals surface area contributed by atoms with Crippen molar-refractivity contribution in [3.8, 4) is 0 Å². The highest BCUT2D eigenvalue weighted by Gasteiger charge is 2.00. The van der Waals surface area contributed by atoms with Crippen molar-refractivity contribution in [1.29, 1.82) is 0 Å². The van der Waals surface area contributed by atoms with Crippen LogP contribution in [0.1, 0.15) is 0 Å². The summed E-state index contributed by atoms with van der Waals surface area (Å²) >= 11 is 0. The van der Waals surface area contributed by atoms with Gasteiger partial charge in [0.05, 0.1) is 10.8 Å². The minimum atomic E-state index is -0.988. The van der Waals surface area contributed by atoms with E-state index < -0.39 is 10.8 Å². The average molecular weight is 156 g/mol. The molecule has 0 aromatic carbocycles. The van der Waals surface area contributed by atoms with Gasteiger partial charge < -0.3 is 0 Å². The standard InChI is InChI=1S/C6H8N2OS/c1-2-5-10(9)6-3-4-7-8-6/h2-4H,1,5H2,(H,7,8). The van der Waals surface area contributed by atoms with E-state index in [4.69, 9.17) is 0 Å². The molecule has 1 N–H and O–H groups in total. The zero-order valence-electron chi connectivity index (χ0n) is 5.41. The normalized spacial score (nSPS) is 12.8. The van der Waals surface area contributed by atoms with E-state index in [-0.39, 0.29) is 0 Å². The SMILES string of the molecule is C=CCS(=O)c1ccn[nH]1. The van der Waals surface area contributed by atoms with Crippen LogP contribution in [0.25, 0.3) is 0 Å². The predicted octanol–water partition coefficient (Wildman–Crippen LogP) is 0.703. The molecule has 0 fully saturated rings. The first-order chi connectivity index (χ1) is 4.84. The summed E-state index contributed by atoms with van der Waals surface area (Å²) in [6.07, 6.45) is 3.20. The van der Waals surface area contributed by atoms with Crippen LogP contribution in [0.2, 0.25) is 0 Å². The zero-order chi connectivity index (χ0) is 7.40. The molecule has 0 aliphatic carbocycles. The third kappa shape index (κ3) is 1.54. The van der Waals surface area contributed by atoms with Crippen LogP contribution in [0.3, 0.4) is 0 Å². The van der Waals surface area contributed by atoms with Crippen LogP contribution in [0.5, 0.6) is 0 Å². The molecule has 0 radical (unpaired) electrons. The molecule has 1 aromatic heterocycles. The van der Waals surface area contributed by atoms with E-state index in [0.29, 0.717) is 10.8 Å². The van der Waals surface area contributed by atoms with Crippen LogP contribution in [0.4, 0.5) is 0 Å². The molecule has 1 unspecified atom stereocenters. The van der Waals surface area contributed by atoms with Gasteiger partial charge in [-0.3, -0.25) is 9.31 Å². The molecule has 0 spiro atoms. The molecule has 1 atom stereocenters. The van der Waals surface area contributed by atoms with E-state index in [2.05, 4.69) is 16.8 Å². The lowest BCUT2D eigenvalue weighted by Crippen LogP contribution is -1.94. The second kappa shape index (κ2) is 3.31. The van der Waals surface area contributed by atoms with Gasteiger partial charge in [0.15, 0.2) is 0 Å². The van der Waals surface area contributed by atoms with Gasteiger partial charge >= 0.3 is 0 Å². The largest absolute Gasteiger partial charge is 0.269 e. The summed E-state index contributed by atoms with van der Waals surface area (Å²) in [4.78, 5) is 0. The number of nitrogens with one attached hydrogen (secondary N) is 1. The summed E-state index contributed by atoms with van der Waals surface area (Å²) in [5.41, 5.74) is 0. The van der Waals surface area contributed by atoms with Gasteiger partial charge in [0.1, 0.15) is 5.03 Å². The highest BCUT2D eigenvalue weighted by molar-refractivity contribution is 7.85. The first kappa shape index (κ1) is 7.21. The van der Waals surface area contributed by atoms with Crippen LogP contribution in [0.15, 0.2) is 29.9 Å². The topological polar surface area (TPSA) is 45.8 Å². The fraction of sp³-hybridized carbons (Fsp3) is 0.167. The lowest BCUT2D eigenvalue weighted by atomic mass is 10.7. The second-order valence-electron chi connectivity index (χ2n) is 1.72. The molecule has 0 amide bonds. The maximum absolute atomic E-state index is 11.1. The van der Waals surface area contributed by atoms with Crippen molar-refractivity contribution in [2.75, 3.05) is 5.75 Å². The monoisotopic (exact) mass is 156 g/mol. The van der Waals surface area contributed by atoms with E-state index in [0.717, 1.165) is 0 Å². The Balaban J connectivity index is 2.68. The fourth-order valence-corrected chi connectivity index (χ4v) is 1.33. The van der Waals surface area contributed by atoms with Crippen molar-refractivity contribution >= 4 is 10.8 Å². The molecular formula is C6H8N2OS. The Morgan fingerprint density at radius 1 is 1.90 bits per heavy atom. The molecule has 1 rings (SSSR count). The first-order valence-electron chi connectivity index (χ1n) is 2.83. The molecule has 10 heavy (non-hydrogen) atoms.